The molecule has 2 atom stereocenters. The van der Waals surface area contributed by atoms with E-state index in [1.807, 2.05) is 131 Å². The Labute approximate surface area is 798 Å². The molecule has 0 spiro atoms. The molecule has 28 nitrogen and oxygen atoms in total. The molecule has 7 aromatic carbocycles. The van der Waals surface area contributed by atoms with Gasteiger partial charge in [0.05, 0.1) is 57.3 Å². The maximum Gasteiger partial charge on any atom is 0.411 e. The number of rotatable bonds is 16. The van der Waals surface area contributed by atoms with Crippen molar-refractivity contribution in [3.05, 3.63) is 329 Å². The second-order valence-electron chi connectivity index (χ2n) is 32.1. The van der Waals surface area contributed by atoms with E-state index in [1.165, 1.54) is 14.2 Å². The molecule has 7 amide bonds. The van der Waals surface area contributed by atoms with Gasteiger partial charge in [-0.2, -0.15) is 5.10 Å². The molecule has 8 aliphatic rings. The minimum absolute atomic E-state index is 0.0452. The first-order valence-electron chi connectivity index (χ1n) is 43.9. The van der Waals surface area contributed by atoms with E-state index in [0.29, 0.717) is 96.5 Å². The highest BCUT2D eigenvalue weighted by atomic mass is 35.5. The van der Waals surface area contributed by atoms with Gasteiger partial charge in [-0.15, -0.1) is 9.89 Å². The Bertz CT molecular complexity index is 6200. The summed E-state index contributed by atoms with van der Waals surface area (Å²) in [5, 5.41) is 37.1. The van der Waals surface area contributed by atoms with Gasteiger partial charge in [-0.25, -0.2) is 14.8 Å². The zero-order valence-electron chi connectivity index (χ0n) is 77.1. The third-order valence-electron chi connectivity index (χ3n) is 21.8. The fourth-order valence-electron chi connectivity index (χ4n) is 14.0. The van der Waals surface area contributed by atoms with Crippen LogP contribution in [0.4, 0.5) is 10.5 Å². The van der Waals surface area contributed by atoms with E-state index < -0.39 is 17.9 Å². The number of amides is 7. The van der Waals surface area contributed by atoms with Crippen molar-refractivity contribution in [3.8, 4) is 17.1 Å². The summed E-state index contributed by atoms with van der Waals surface area (Å²) in [5.74, 6) is -1.40. The SMILES string of the molecule is CC1=C(Cl)C(=O)C(NC(=O)C(C)C)=CC1.CC1=CC(=O)C(NC(=O)c2ccccc2)=CC1.CC1=Nn2nc(-c3ccccc3)nc2C1.CCC1=C(Cl)C(=O)C(NC(=O)C(C)C)=CC1.CCC1=C(Cl)C(=O)C(NC(=O)c2ccccc2)=CC1.CNC(=O)C1CCc2c(NC(=O)OC)cccc2C1=O.CNC(=O)C1CCc2ccccc2C1=O.Oc1ccccc1C1=NC(c2ccccc2)=NC1. The van der Waals surface area contributed by atoms with E-state index in [4.69, 9.17) is 34.8 Å². The Kier molecular flexibility index (Phi) is 39.2. The molecule has 0 bridgehead atoms. The van der Waals surface area contributed by atoms with Gasteiger partial charge < -0.3 is 41.7 Å². The van der Waals surface area contributed by atoms with Crippen LogP contribution < -0.4 is 37.2 Å². The van der Waals surface area contributed by atoms with Crippen molar-refractivity contribution in [3.63, 3.8) is 0 Å². The van der Waals surface area contributed by atoms with Crippen molar-refractivity contribution in [2.24, 2.45) is 38.8 Å². The highest BCUT2D eigenvalue weighted by Gasteiger charge is 2.35. The van der Waals surface area contributed by atoms with Crippen molar-refractivity contribution in [1.82, 2.24) is 46.8 Å². The Balaban J connectivity index is 0.000000173. The molecule has 2 aliphatic heterocycles. The van der Waals surface area contributed by atoms with Crippen LogP contribution in [0.25, 0.3) is 11.4 Å². The number of benzene rings is 7. The Morgan fingerprint density at radius 1 is 0.511 bits per heavy atom. The fraction of sp³-hybridized carbons (Fsp3) is 0.269. The quantitative estimate of drug-likeness (QED) is 0.0417. The van der Waals surface area contributed by atoms with Crippen molar-refractivity contribution < 1.29 is 72.2 Å². The number of nitrogens with zero attached hydrogens (tertiary/aromatic N) is 6. The van der Waals surface area contributed by atoms with Crippen LogP contribution in [0.5, 0.6) is 5.75 Å². The monoisotopic (exact) mass is 1880 g/mol. The number of Topliss-reactive ketones (excluding diaryl/α,β-unsaturated/α-hetero) is 5. The number of aliphatic imine (C=N–C) groups is 2. The number of fused-ring (bicyclic) bond motifs is 3. The average Bonchev–Trinajstić information content (AvgIpc) is 1.75. The molecule has 31 heteroatoms. The molecule has 8 aromatic rings. The first-order chi connectivity index (χ1) is 64.7. The van der Waals surface area contributed by atoms with Gasteiger partial charge in [-0.1, -0.05) is 252 Å². The number of anilines is 1. The number of carbonyl (C=O) groups excluding carboxylic acids is 13. The lowest BCUT2D eigenvalue weighted by molar-refractivity contribution is -0.125. The van der Waals surface area contributed by atoms with Gasteiger partial charge in [0.2, 0.25) is 46.8 Å². The number of halogens is 3. The third-order valence-corrected chi connectivity index (χ3v) is 23.2. The van der Waals surface area contributed by atoms with E-state index in [0.717, 1.165) is 105 Å². The minimum atomic E-state index is -0.652. The van der Waals surface area contributed by atoms with E-state index in [9.17, 15) is 67.4 Å². The number of hydrogen-bond acceptors (Lipinski definition) is 20. The van der Waals surface area contributed by atoms with Crippen LogP contribution >= 0.6 is 34.8 Å². The van der Waals surface area contributed by atoms with Crippen molar-refractivity contribution in [2.75, 3.05) is 33.1 Å². The average molecular weight is 1890 g/mol. The highest BCUT2D eigenvalue weighted by Crippen LogP contribution is 2.34. The molecule has 0 saturated heterocycles. The highest BCUT2D eigenvalue weighted by molar-refractivity contribution is 6.47. The summed E-state index contributed by atoms with van der Waals surface area (Å²) < 4.78 is 4.55. The van der Waals surface area contributed by atoms with Crippen molar-refractivity contribution in [1.29, 1.82) is 0 Å². The summed E-state index contributed by atoms with van der Waals surface area (Å²) in [5.41, 5.74) is 14.2. The number of ether oxygens (including phenoxy) is 1. The lowest BCUT2D eigenvalue weighted by atomic mass is 9.81. The summed E-state index contributed by atoms with van der Waals surface area (Å²) in [6.45, 7) is 17.2. The van der Waals surface area contributed by atoms with Crippen LogP contribution in [0, 0.1) is 23.7 Å². The number of aryl methyl sites for hydroxylation is 1. The first kappa shape index (κ1) is 104. The summed E-state index contributed by atoms with van der Waals surface area (Å²) in [6.07, 6.45) is 15.1. The van der Waals surface area contributed by atoms with Crippen LogP contribution in [0.2, 0.25) is 0 Å². The first-order valence-corrected chi connectivity index (χ1v) is 45.0. The second-order valence-corrected chi connectivity index (χ2v) is 33.3. The standard InChI is InChI=1S/C15H14ClNO2.C15H12N2O.C14H16N2O4.C14H13NO2.C12H16ClNO2.C12H13NO2.C11H14ClNO2.C11H10N4/c1-2-10-8-9-12(14(18)13(10)16)17-15(19)11-6-4-3-5-7-11;18-14-9-5-4-8-12(14)13-10-16-15(17-13)11-6-2-1-3-7-11;1-15-13(18)10-7-6-8-9(12(10)17)4-3-5-11(8)16-14(19)20-2;1-10-7-8-12(13(16)9-10)15-14(17)11-5-3-2-4-6-11;1-4-8-5-6-9(11(15)10(8)13)14-12(16)7(2)3;1-13-12(15)10-7-6-8-4-2-3-5-9(8)11(10)14;1-6(2)11(15)13-8-5-4-7(3)9(12)10(8)14;1-8-7-10-12-11(14-15(10)13-8)9-5-3-2-4-6-9/h3-7,9H,2,8H2,1H3,(H,17,19);1-9,18H,10H2;3-5,10H,6-7H2,1-2H3,(H,15,18)(H,16,19);2-6,8-9H,7H2,1H3,(H,15,17);6-7H,4-5H2,1-3H3,(H,14,16);2-5,10H,6-7H2,1H3,(H,13,15);5-6H,4H2,1-3H3,(H,13,15);2-6H,7H2,1H3. The number of nitrogens with one attached hydrogen (secondary N) is 7. The molecule has 6 aliphatic carbocycles. The van der Waals surface area contributed by atoms with Crippen LogP contribution in [0.1, 0.15) is 183 Å². The molecule has 135 heavy (non-hydrogen) atoms. The topological polar surface area (TPSA) is 403 Å². The van der Waals surface area contributed by atoms with Gasteiger partial charge in [0.1, 0.15) is 17.6 Å². The number of para-hydroxylation sites is 1. The number of allylic oxidation sites excluding steroid dienone is 12. The number of aromatic nitrogens is 3. The Morgan fingerprint density at radius 3 is 1.48 bits per heavy atom. The van der Waals surface area contributed by atoms with E-state index in [2.05, 4.69) is 67.1 Å². The van der Waals surface area contributed by atoms with Gasteiger partial charge in [0, 0.05) is 82.7 Å². The molecule has 0 fully saturated rings. The number of ketones is 6. The number of methoxy groups -OCH3 is 1. The number of carbonyl (C=O) groups is 13. The van der Waals surface area contributed by atoms with E-state index >= 15 is 0 Å². The molecule has 1 aromatic heterocycles. The lowest BCUT2D eigenvalue weighted by Gasteiger charge is -2.24. The lowest BCUT2D eigenvalue weighted by Crippen LogP contribution is -2.36. The minimum Gasteiger partial charge on any atom is -0.507 e. The van der Waals surface area contributed by atoms with E-state index in [1.54, 1.807) is 162 Å². The molecular weight excluding hydrogens is 1780 g/mol. The molecule has 2 unspecified atom stereocenters. The summed E-state index contributed by atoms with van der Waals surface area (Å²) in [7, 11) is 4.36. The molecule has 8 N–H and O–H groups in total. The predicted octanol–water partition coefficient (Wildman–Crippen LogP) is 16.9. The number of aromatic hydroxyl groups is 1. The van der Waals surface area contributed by atoms with Crippen molar-refractivity contribution >= 4 is 134 Å². The number of amidine groups is 1. The molecule has 0 saturated carbocycles. The molecule has 700 valence electrons. The zero-order valence-corrected chi connectivity index (χ0v) is 79.3. The number of phenols is 1. The van der Waals surface area contributed by atoms with Crippen LogP contribution in [0.3, 0.4) is 0 Å². The number of hydrogen-bond donors (Lipinski definition) is 8. The van der Waals surface area contributed by atoms with E-state index in [-0.39, 0.29) is 109 Å². The normalized spacial score (nSPS) is 16.0. The van der Waals surface area contributed by atoms with Crippen molar-refractivity contribution in [2.45, 2.75) is 133 Å². The predicted molar refractivity (Wildman–Crippen MR) is 523 cm³/mol. The molecular formula is C104H108Cl3N13O15. The summed E-state index contributed by atoms with van der Waals surface area (Å²) in [4.78, 5) is 167. The maximum absolute atomic E-state index is 12.3. The second kappa shape index (κ2) is 50.9. The molecule has 16 rings (SSSR count). The van der Waals surface area contributed by atoms with Gasteiger partial charge in [0.25, 0.3) is 11.8 Å². The fourth-order valence-corrected chi connectivity index (χ4v) is 14.8. The third kappa shape index (κ3) is 29.0. The summed E-state index contributed by atoms with van der Waals surface area (Å²) in [6, 6.07) is 57.2. The van der Waals surface area contributed by atoms with Gasteiger partial charge in [-0.3, -0.25) is 67.8 Å². The maximum atomic E-state index is 12.3. The zero-order chi connectivity index (χ0) is 98.1. The smallest absolute Gasteiger partial charge is 0.411 e. The van der Waals surface area contributed by atoms with Crippen LogP contribution in [-0.2, 0) is 62.4 Å². The van der Waals surface area contributed by atoms with Crippen LogP contribution in [0.15, 0.2) is 294 Å². The van der Waals surface area contributed by atoms with Crippen LogP contribution in [-0.4, -0.2) is 141 Å². The largest absolute Gasteiger partial charge is 0.507 e. The number of phenolic OH excluding ortho intramolecular Hbond substituents is 1. The van der Waals surface area contributed by atoms with Gasteiger partial charge >= 0.3 is 6.09 Å². The Hall–Kier alpha value is -14.6. The van der Waals surface area contributed by atoms with Gasteiger partial charge in [0.15, 0.2) is 29.1 Å². The molecule has 0 radical (unpaired) electrons. The van der Waals surface area contributed by atoms with Gasteiger partial charge in [-0.05, 0) is 161 Å². The molecule has 3 heterocycles. The summed E-state index contributed by atoms with van der Waals surface area (Å²) >= 11 is 17.7. The Morgan fingerprint density at radius 2 is 0.970 bits per heavy atom.